The van der Waals surface area contributed by atoms with Crippen LogP contribution in [0, 0.1) is 11.8 Å². The maximum absolute atomic E-state index is 4.16. The Morgan fingerprint density at radius 2 is 1.42 bits per heavy atom. The van der Waals surface area contributed by atoms with E-state index in [2.05, 4.69) is 27.3 Å². The van der Waals surface area contributed by atoms with E-state index < -0.39 is 0 Å². The minimum Gasteiger partial charge on any atom is -0.196 e. The molecule has 0 aliphatic carbocycles. The summed E-state index contributed by atoms with van der Waals surface area (Å²) in [5.74, 6) is 6.14. The highest BCUT2D eigenvalue weighted by atomic mass is 15.3. The lowest BCUT2D eigenvalue weighted by Gasteiger charge is -1.94. The molecular formula is C16H11N3. The number of hydrogen-bond donors (Lipinski definition) is 1. The Balaban J connectivity index is 1.96. The van der Waals surface area contributed by atoms with Crippen LogP contribution in [0.1, 0.15) is 11.3 Å². The summed E-state index contributed by atoms with van der Waals surface area (Å²) in [6, 6.07) is 19.7. The fourth-order valence-corrected chi connectivity index (χ4v) is 1.77. The van der Waals surface area contributed by atoms with E-state index in [1.54, 1.807) is 0 Å². The van der Waals surface area contributed by atoms with Gasteiger partial charge in [0.05, 0.1) is 0 Å². The van der Waals surface area contributed by atoms with Crippen molar-refractivity contribution < 1.29 is 0 Å². The van der Waals surface area contributed by atoms with Gasteiger partial charge in [0.2, 0.25) is 0 Å². The molecule has 0 fully saturated rings. The molecule has 3 nitrogen and oxygen atoms in total. The molecule has 0 saturated carbocycles. The number of rotatable bonds is 1. The predicted octanol–water partition coefficient (Wildman–Crippen LogP) is 2.87. The van der Waals surface area contributed by atoms with Crippen LogP contribution in [0.3, 0.4) is 0 Å². The first-order valence-corrected chi connectivity index (χ1v) is 5.97. The number of aromatic amines is 1. The maximum Gasteiger partial charge on any atom is 0.163 e. The largest absolute Gasteiger partial charge is 0.196 e. The maximum atomic E-state index is 4.16. The zero-order chi connectivity index (χ0) is 12.9. The fraction of sp³-hybridized carbons (Fsp3) is 0. The Morgan fingerprint density at radius 1 is 0.737 bits per heavy atom. The van der Waals surface area contributed by atoms with Gasteiger partial charge in [0, 0.05) is 11.1 Å². The molecule has 90 valence electrons. The molecule has 3 heteroatoms. The first-order chi connectivity index (χ1) is 9.43. The molecule has 0 aliphatic heterocycles. The number of aromatic nitrogens is 3. The highest BCUT2D eigenvalue weighted by molar-refractivity contribution is 5.65. The molecule has 1 N–H and O–H groups in total. The molecule has 0 radical (unpaired) electrons. The Bertz CT molecular complexity index is 719. The second-order valence-corrected chi connectivity index (χ2v) is 4.00. The van der Waals surface area contributed by atoms with Gasteiger partial charge in [0.1, 0.15) is 5.69 Å². The van der Waals surface area contributed by atoms with Crippen LogP contribution in [0.5, 0.6) is 0 Å². The second-order valence-electron chi connectivity index (χ2n) is 4.00. The second kappa shape index (κ2) is 5.19. The highest BCUT2D eigenvalue weighted by Gasteiger charge is 2.06. The van der Waals surface area contributed by atoms with Crippen molar-refractivity contribution in [1.82, 2.24) is 15.4 Å². The predicted molar refractivity (Wildman–Crippen MR) is 74.2 cm³/mol. The van der Waals surface area contributed by atoms with Crippen LogP contribution in [-0.2, 0) is 0 Å². The lowest BCUT2D eigenvalue weighted by atomic mass is 10.1. The molecule has 0 saturated heterocycles. The number of H-pyrrole nitrogens is 1. The first-order valence-electron chi connectivity index (χ1n) is 5.97. The van der Waals surface area contributed by atoms with Gasteiger partial charge in [-0.05, 0) is 18.1 Å². The van der Waals surface area contributed by atoms with Crippen molar-refractivity contribution in [2.75, 3.05) is 0 Å². The van der Waals surface area contributed by atoms with Crippen LogP contribution in [0.25, 0.3) is 11.3 Å². The van der Waals surface area contributed by atoms with Crippen molar-refractivity contribution >= 4 is 0 Å². The Hall–Kier alpha value is -2.86. The van der Waals surface area contributed by atoms with Gasteiger partial charge in [-0.3, -0.25) is 0 Å². The van der Waals surface area contributed by atoms with Gasteiger partial charge in [-0.2, -0.15) is 10.3 Å². The minimum atomic E-state index is 0.662. The van der Waals surface area contributed by atoms with E-state index in [1.807, 2.05) is 60.7 Å². The Kier molecular flexibility index (Phi) is 3.07. The van der Waals surface area contributed by atoms with Crippen molar-refractivity contribution in [3.8, 4) is 23.1 Å². The van der Waals surface area contributed by atoms with E-state index in [0.29, 0.717) is 5.69 Å². The molecule has 0 unspecified atom stereocenters. The van der Waals surface area contributed by atoms with Crippen molar-refractivity contribution in [2.45, 2.75) is 0 Å². The smallest absolute Gasteiger partial charge is 0.163 e. The Morgan fingerprint density at radius 3 is 2.16 bits per heavy atom. The molecule has 3 aromatic rings. The van der Waals surface area contributed by atoms with Gasteiger partial charge in [0.25, 0.3) is 0 Å². The standard InChI is InChI=1S/C16H11N3/c1-3-7-13(8-4-1)11-12-15-16(18-19-17-15)14-9-5-2-6-10-14/h1-10H,(H,17,18,19). The van der Waals surface area contributed by atoms with E-state index in [-0.39, 0.29) is 0 Å². The van der Waals surface area contributed by atoms with Gasteiger partial charge < -0.3 is 0 Å². The number of nitrogens with one attached hydrogen (secondary N) is 1. The topological polar surface area (TPSA) is 41.6 Å². The molecule has 0 aliphatic rings. The lowest BCUT2D eigenvalue weighted by molar-refractivity contribution is 0.938. The summed E-state index contributed by atoms with van der Waals surface area (Å²) in [5.41, 5.74) is 3.41. The lowest BCUT2D eigenvalue weighted by Crippen LogP contribution is -1.82. The molecule has 0 bridgehead atoms. The summed E-state index contributed by atoms with van der Waals surface area (Å²) in [4.78, 5) is 0. The molecule has 2 aromatic carbocycles. The molecule has 1 heterocycles. The third-order valence-corrected chi connectivity index (χ3v) is 2.69. The van der Waals surface area contributed by atoms with Crippen molar-refractivity contribution in [2.24, 2.45) is 0 Å². The van der Waals surface area contributed by atoms with E-state index in [9.17, 15) is 0 Å². The number of nitrogens with zero attached hydrogens (tertiary/aromatic N) is 2. The molecule has 3 rings (SSSR count). The van der Waals surface area contributed by atoms with Crippen LogP contribution in [-0.4, -0.2) is 15.4 Å². The van der Waals surface area contributed by atoms with Crippen LogP contribution in [0.15, 0.2) is 60.7 Å². The zero-order valence-corrected chi connectivity index (χ0v) is 10.2. The summed E-state index contributed by atoms with van der Waals surface area (Å²) in [7, 11) is 0. The SMILES string of the molecule is C(#Cc1n[nH]nc1-c1ccccc1)c1ccccc1. The summed E-state index contributed by atoms with van der Waals surface area (Å²) >= 11 is 0. The van der Waals surface area contributed by atoms with Gasteiger partial charge in [0.15, 0.2) is 5.69 Å². The monoisotopic (exact) mass is 245 g/mol. The molecule has 19 heavy (non-hydrogen) atoms. The van der Waals surface area contributed by atoms with E-state index in [0.717, 1.165) is 16.8 Å². The van der Waals surface area contributed by atoms with Crippen LogP contribution >= 0.6 is 0 Å². The molecule has 0 atom stereocenters. The molecular weight excluding hydrogens is 234 g/mol. The summed E-state index contributed by atoms with van der Waals surface area (Å²) < 4.78 is 0. The third kappa shape index (κ3) is 2.53. The molecule has 0 amide bonds. The van der Waals surface area contributed by atoms with E-state index in [1.165, 1.54) is 0 Å². The normalized spacial score (nSPS) is 9.68. The van der Waals surface area contributed by atoms with E-state index in [4.69, 9.17) is 0 Å². The average molecular weight is 245 g/mol. The molecule has 0 spiro atoms. The van der Waals surface area contributed by atoms with E-state index >= 15 is 0 Å². The summed E-state index contributed by atoms with van der Waals surface area (Å²) in [6.45, 7) is 0. The fourth-order valence-electron chi connectivity index (χ4n) is 1.77. The van der Waals surface area contributed by atoms with Crippen molar-refractivity contribution in [1.29, 1.82) is 0 Å². The van der Waals surface area contributed by atoms with Crippen LogP contribution in [0.2, 0.25) is 0 Å². The van der Waals surface area contributed by atoms with Gasteiger partial charge in [-0.25, -0.2) is 0 Å². The average Bonchev–Trinajstić information content (AvgIpc) is 2.95. The van der Waals surface area contributed by atoms with Gasteiger partial charge >= 0.3 is 0 Å². The molecule has 1 aromatic heterocycles. The summed E-state index contributed by atoms with van der Waals surface area (Å²) in [6.07, 6.45) is 0. The van der Waals surface area contributed by atoms with Gasteiger partial charge in [-0.1, -0.05) is 54.5 Å². The number of benzene rings is 2. The number of hydrogen-bond acceptors (Lipinski definition) is 2. The third-order valence-electron chi connectivity index (χ3n) is 2.69. The van der Waals surface area contributed by atoms with Crippen molar-refractivity contribution in [3.63, 3.8) is 0 Å². The quantitative estimate of drug-likeness (QED) is 0.670. The zero-order valence-electron chi connectivity index (χ0n) is 10.2. The van der Waals surface area contributed by atoms with Crippen molar-refractivity contribution in [3.05, 3.63) is 71.9 Å². The van der Waals surface area contributed by atoms with Crippen LogP contribution < -0.4 is 0 Å². The first kappa shape index (κ1) is 11.2. The van der Waals surface area contributed by atoms with Crippen LogP contribution in [0.4, 0.5) is 0 Å². The minimum absolute atomic E-state index is 0.662. The summed E-state index contributed by atoms with van der Waals surface area (Å²) in [5, 5.41) is 10.9. The highest BCUT2D eigenvalue weighted by Crippen LogP contribution is 2.18. The van der Waals surface area contributed by atoms with Gasteiger partial charge in [-0.15, -0.1) is 5.10 Å². The Labute approximate surface area is 111 Å².